The van der Waals surface area contributed by atoms with E-state index in [0.717, 1.165) is 5.56 Å². The fraction of sp³-hybridized carbons (Fsp3) is 0.118. The van der Waals surface area contributed by atoms with Gasteiger partial charge in [-0.15, -0.1) is 0 Å². The molecule has 0 aliphatic heterocycles. The lowest BCUT2D eigenvalue weighted by Crippen LogP contribution is -2.22. The number of hydrogen-bond acceptors (Lipinski definition) is 4. The first kappa shape index (κ1) is 15.9. The zero-order valence-corrected chi connectivity index (χ0v) is 12.9. The van der Waals surface area contributed by atoms with E-state index in [4.69, 9.17) is 12.2 Å². The maximum absolute atomic E-state index is 12.0. The van der Waals surface area contributed by atoms with Gasteiger partial charge in [-0.05, 0) is 29.8 Å². The maximum Gasteiger partial charge on any atom is 0.337 e. The van der Waals surface area contributed by atoms with Crippen LogP contribution in [-0.4, -0.2) is 23.9 Å². The molecule has 0 spiro atoms. The lowest BCUT2D eigenvalue weighted by atomic mass is 10.1. The lowest BCUT2D eigenvalue weighted by molar-refractivity contribution is -0.110. The van der Waals surface area contributed by atoms with Crippen molar-refractivity contribution in [3.63, 3.8) is 0 Å². The van der Waals surface area contributed by atoms with Gasteiger partial charge in [-0.3, -0.25) is 4.79 Å². The number of anilines is 1. The smallest absolute Gasteiger partial charge is 0.337 e. The number of hydrogen-bond donors (Lipinski definition) is 1. The minimum absolute atomic E-state index is 0.309. The van der Waals surface area contributed by atoms with E-state index in [0.29, 0.717) is 22.5 Å². The van der Waals surface area contributed by atoms with E-state index >= 15 is 0 Å². The molecule has 0 unspecified atom stereocenters. The molecule has 0 radical (unpaired) electrons. The average Bonchev–Trinajstić information content (AvgIpc) is 2.55. The van der Waals surface area contributed by atoms with Gasteiger partial charge in [0.15, 0.2) is 0 Å². The van der Waals surface area contributed by atoms with E-state index in [9.17, 15) is 9.59 Å². The third kappa shape index (κ3) is 4.23. The second kappa shape index (κ2) is 7.47. The Morgan fingerprint density at radius 2 is 1.68 bits per heavy atom. The first-order chi connectivity index (χ1) is 10.6. The van der Waals surface area contributed by atoms with Crippen LogP contribution in [0.2, 0.25) is 0 Å². The Bertz CT molecular complexity index is 681. The molecule has 0 aliphatic rings. The highest BCUT2D eigenvalue weighted by Gasteiger charge is 2.11. The van der Waals surface area contributed by atoms with Gasteiger partial charge in [0, 0.05) is 12.1 Å². The van der Waals surface area contributed by atoms with Crippen molar-refractivity contribution >= 4 is 34.6 Å². The first-order valence-corrected chi connectivity index (χ1v) is 7.07. The number of thiocarbonyl (C=S) groups is 1. The topological polar surface area (TPSA) is 55.4 Å². The van der Waals surface area contributed by atoms with Gasteiger partial charge in [-0.2, -0.15) is 0 Å². The first-order valence-electron chi connectivity index (χ1n) is 6.66. The fourth-order valence-electron chi connectivity index (χ4n) is 1.87. The SMILES string of the molecule is COC(=O)c1ccc(NC(=O)C(=S)Cc2ccccc2)cc1. The summed E-state index contributed by atoms with van der Waals surface area (Å²) in [7, 11) is 1.32. The number of amides is 1. The van der Waals surface area contributed by atoms with E-state index < -0.39 is 5.97 Å². The molecule has 0 saturated heterocycles. The standard InChI is InChI=1S/C17H15NO3S/c1-21-17(20)13-7-9-14(10-8-13)18-16(19)15(22)11-12-5-3-2-4-6-12/h2-10H,11H2,1H3,(H,18,19). The van der Waals surface area contributed by atoms with Crippen LogP contribution in [0.25, 0.3) is 0 Å². The molecule has 2 rings (SSSR count). The molecule has 0 fully saturated rings. The number of carbonyl (C=O) groups excluding carboxylic acids is 2. The van der Waals surface area contributed by atoms with Crippen molar-refractivity contribution in [2.45, 2.75) is 6.42 Å². The van der Waals surface area contributed by atoms with Crippen molar-refractivity contribution in [1.29, 1.82) is 0 Å². The zero-order chi connectivity index (χ0) is 15.9. The third-order valence-electron chi connectivity index (χ3n) is 3.02. The number of benzene rings is 2. The van der Waals surface area contributed by atoms with Crippen LogP contribution in [0.4, 0.5) is 5.69 Å². The molecule has 22 heavy (non-hydrogen) atoms. The monoisotopic (exact) mass is 313 g/mol. The van der Waals surface area contributed by atoms with Crippen LogP contribution in [0.1, 0.15) is 15.9 Å². The molecular formula is C17H15NO3S. The van der Waals surface area contributed by atoms with E-state index in [1.807, 2.05) is 30.3 Å². The number of carbonyl (C=O) groups is 2. The van der Waals surface area contributed by atoms with Crippen molar-refractivity contribution < 1.29 is 14.3 Å². The molecule has 0 heterocycles. The van der Waals surface area contributed by atoms with Crippen LogP contribution in [0, 0.1) is 0 Å². The second-order valence-corrected chi connectivity index (χ2v) is 5.10. The Morgan fingerprint density at radius 3 is 2.27 bits per heavy atom. The molecule has 1 N–H and O–H groups in total. The Labute approximate surface area is 134 Å². The summed E-state index contributed by atoms with van der Waals surface area (Å²) in [4.78, 5) is 23.7. The van der Waals surface area contributed by atoms with Crippen molar-refractivity contribution in [3.8, 4) is 0 Å². The number of esters is 1. The molecule has 2 aromatic carbocycles. The Kier molecular flexibility index (Phi) is 5.38. The Balaban J connectivity index is 1.96. The Hall–Kier alpha value is -2.53. The quantitative estimate of drug-likeness (QED) is 0.681. The molecule has 4 nitrogen and oxygen atoms in total. The summed E-state index contributed by atoms with van der Waals surface area (Å²) >= 11 is 5.16. The molecule has 0 aliphatic carbocycles. The van der Waals surface area contributed by atoms with E-state index in [-0.39, 0.29) is 5.91 Å². The van der Waals surface area contributed by atoms with Gasteiger partial charge in [-0.25, -0.2) is 4.79 Å². The normalized spacial score (nSPS) is 9.86. The highest BCUT2D eigenvalue weighted by atomic mass is 32.1. The average molecular weight is 313 g/mol. The molecule has 2 aromatic rings. The summed E-state index contributed by atoms with van der Waals surface area (Å²) in [5, 5.41) is 2.71. The lowest BCUT2D eigenvalue weighted by Gasteiger charge is -2.07. The van der Waals surface area contributed by atoms with Crippen molar-refractivity contribution in [2.75, 3.05) is 12.4 Å². The van der Waals surface area contributed by atoms with E-state index in [1.165, 1.54) is 7.11 Å². The predicted octanol–water partition coefficient (Wildman–Crippen LogP) is 3.02. The van der Waals surface area contributed by atoms with Gasteiger partial charge in [0.25, 0.3) is 5.91 Å². The number of rotatable bonds is 5. The zero-order valence-electron chi connectivity index (χ0n) is 12.0. The van der Waals surface area contributed by atoms with Gasteiger partial charge >= 0.3 is 5.97 Å². The van der Waals surface area contributed by atoms with Gasteiger partial charge in [0.1, 0.15) is 0 Å². The molecule has 112 valence electrons. The summed E-state index contributed by atoms with van der Waals surface area (Å²) in [5.74, 6) is -0.734. The molecule has 1 amide bonds. The summed E-state index contributed by atoms with van der Waals surface area (Å²) in [6, 6.07) is 16.0. The molecule has 0 saturated carbocycles. The highest BCUT2D eigenvalue weighted by molar-refractivity contribution is 7.82. The number of ether oxygens (including phenoxy) is 1. The van der Waals surface area contributed by atoms with Gasteiger partial charge in [0.2, 0.25) is 0 Å². The van der Waals surface area contributed by atoms with E-state index in [2.05, 4.69) is 10.1 Å². The predicted molar refractivity (Wildman–Crippen MR) is 89.2 cm³/mol. The minimum atomic E-state index is -0.419. The van der Waals surface area contributed by atoms with Crippen LogP contribution >= 0.6 is 12.2 Å². The van der Waals surface area contributed by atoms with Gasteiger partial charge in [0.05, 0.1) is 17.5 Å². The van der Waals surface area contributed by atoms with Crippen LogP contribution in [0.5, 0.6) is 0 Å². The summed E-state index contributed by atoms with van der Waals surface area (Å²) in [5.41, 5.74) is 1.99. The fourth-order valence-corrected chi connectivity index (χ4v) is 2.09. The van der Waals surface area contributed by atoms with Gasteiger partial charge in [-0.1, -0.05) is 42.5 Å². The number of methoxy groups -OCH3 is 1. The van der Waals surface area contributed by atoms with Crippen molar-refractivity contribution in [1.82, 2.24) is 0 Å². The van der Waals surface area contributed by atoms with Crippen LogP contribution in [0.15, 0.2) is 54.6 Å². The molecule has 5 heteroatoms. The maximum atomic E-state index is 12.0. The Morgan fingerprint density at radius 1 is 1.05 bits per heavy atom. The van der Waals surface area contributed by atoms with Crippen LogP contribution in [0.3, 0.4) is 0 Å². The summed E-state index contributed by atoms with van der Waals surface area (Å²) < 4.78 is 4.61. The number of nitrogens with one attached hydrogen (secondary N) is 1. The third-order valence-corrected chi connectivity index (χ3v) is 3.35. The van der Waals surface area contributed by atoms with Crippen LogP contribution < -0.4 is 5.32 Å². The molecule has 0 bridgehead atoms. The summed E-state index contributed by atoms with van der Waals surface area (Å²) in [6.07, 6.45) is 0.419. The minimum Gasteiger partial charge on any atom is -0.465 e. The van der Waals surface area contributed by atoms with Gasteiger partial charge < -0.3 is 10.1 Å². The molecule has 0 aromatic heterocycles. The van der Waals surface area contributed by atoms with E-state index in [1.54, 1.807) is 24.3 Å². The highest BCUT2D eigenvalue weighted by Crippen LogP contribution is 2.11. The van der Waals surface area contributed by atoms with Crippen LogP contribution in [-0.2, 0) is 16.0 Å². The molecule has 0 atom stereocenters. The molecular weight excluding hydrogens is 298 g/mol. The summed E-state index contributed by atoms with van der Waals surface area (Å²) in [6.45, 7) is 0. The van der Waals surface area contributed by atoms with Crippen molar-refractivity contribution in [2.24, 2.45) is 0 Å². The van der Waals surface area contributed by atoms with Crippen molar-refractivity contribution in [3.05, 3.63) is 65.7 Å². The largest absolute Gasteiger partial charge is 0.465 e. The second-order valence-electron chi connectivity index (χ2n) is 4.61.